The number of nitrogens with zero attached hydrogens (tertiary/aromatic N) is 1. The van der Waals surface area contributed by atoms with Crippen molar-refractivity contribution >= 4 is 0 Å². The largest absolute Gasteiger partial charge is 0.377 e. The molecule has 0 aliphatic carbocycles. The van der Waals surface area contributed by atoms with E-state index in [1.807, 2.05) is 6.20 Å². The van der Waals surface area contributed by atoms with Crippen molar-refractivity contribution in [1.29, 1.82) is 0 Å². The van der Waals surface area contributed by atoms with Crippen molar-refractivity contribution in [1.82, 2.24) is 10.2 Å². The summed E-state index contributed by atoms with van der Waals surface area (Å²) in [7, 11) is 0. The number of rotatable bonds is 1. The molecule has 2 aliphatic rings. The number of nitrogens with one attached hydrogen (secondary N) is 1. The Balaban J connectivity index is 2.01. The van der Waals surface area contributed by atoms with Gasteiger partial charge in [0.1, 0.15) is 0 Å². The highest BCUT2D eigenvalue weighted by Crippen LogP contribution is 2.35. The van der Waals surface area contributed by atoms with Gasteiger partial charge in [-0.05, 0) is 25.6 Å². The van der Waals surface area contributed by atoms with E-state index in [-0.39, 0.29) is 0 Å². The summed E-state index contributed by atoms with van der Waals surface area (Å²) in [5.41, 5.74) is 0.605. The van der Waals surface area contributed by atoms with Crippen LogP contribution in [-0.4, -0.2) is 31.1 Å². The Morgan fingerprint density at radius 3 is 2.91 bits per heavy atom. The van der Waals surface area contributed by atoms with Gasteiger partial charge in [-0.1, -0.05) is 6.58 Å². The Hall–Kier alpha value is -0.500. The van der Waals surface area contributed by atoms with Crippen LogP contribution in [0.1, 0.15) is 12.8 Å². The number of likely N-dealkylation sites (tertiary alicyclic amines) is 1. The molecule has 0 saturated carbocycles. The second kappa shape index (κ2) is 2.52. The molecule has 2 aliphatic heterocycles. The molecule has 2 rings (SSSR count). The monoisotopic (exact) mass is 152 g/mol. The predicted octanol–water partition coefficient (Wildman–Crippen LogP) is 0.815. The topological polar surface area (TPSA) is 15.3 Å². The Labute approximate surface area is 68.3 Å². The summed E-state index contributed by atoms with van der Waals surface area (Å²) in [6.45, 7) is 8.67. The van der Waals surface area contributed by atoms with Crippen LogP contribution in [0.15, 0.2) is 12.8 Å². The smallest absolute Gasteiger partial charge is 0.0242 e. The maximum absolute atomic E-state index is 3.80. The average Bonchev–Trinajstić information content (AvgIpc) is 2.62. The van der Waals surface area contributed by atoms with E-state index in [0.29, 0.717) is 5.41 Å². The van der Waals surface area contributed by atoms with Crippen LogP contribution in [0.4, 0.5) is 0 Å². The van der Waals surface area contributed by atoms with Gasteiger partial charge in [-0.25, -0.2) is 0 Å². The van der Waals surface area contributed by atoms with Crippen molar-refractivity contribution in [2.24, 2.45) is 5.41 Å². The minimum atomic E-state index is 0.605. The SMILES string of the molecule is C=CN1CCC2(CCNC2)C1. The van der Waals surface area contributed by atoms with Crippen molar-refractivity contribution in [2.45, 2.75) is 12.8 Å². The van der Waals surface area contributed by atoms with Gasteiger partial charge in [-0.3, -0.25) is 0 Å². The second-order valence-electron chi connectivity index (χ2n) is 3.83. The minimum absolute atomic E-state index is 0.605. The molecule has 2 heterocycles. The molecule has 0 radical (unpaired) electrons. The molecular formula is C9H16N2. The van der Waals surface area contributed by atoms with Crippen LogP contribution in [0.3, 0.4) is 0 Å². The molecule has 11 heavy (non-hydrogen) atoms. The lowest BCUT2D eigenvalue weighted by atomic mass is 9.87. The highest BCUT2D eigenvalue weighted by molar-refractivity contribution is 4.97. The van der Waals surface area contributed by atoms with Crippen LogP contribution >= 0.6 is 0 Å². The van der Waals surface area contributed by atoms with Gasteiger partial charge in [-0.2, -0.15) is 0 Å². The van der Waals surface area contributed by atoms with Crippen LogP contribution in [0.5, 0.6) is 0 Å². The van der Waals surface area contributed by atoms with Gasteiger partial charge < -0.3 is 10.2 Å². The standard InChI is InChI=1S/C9H16N2/c1-2-11-6-4-9(8-11)3-5-10-7-9/h2,10H,1,3-8H2. The zero-order chi connectivity index (χ0) is 7.73. The van der Waals surface area contributed by atoms with Gasteiger partial charge >= 0.3 is 0 Å². The van der Waals surface area contributed by atoms with Gasteiger partial charge in [0.25, 0.3) is 0 Å². The quantitative estimate of drug-likeness (QED) is 0.598. The molecular weight excluding hydrogens is 136 g/mol. The molecule has 0 aromatic heterocycles. The van der Waals surface area contributed by atoms with Crippen molar-refractivity contribution in [2.75, 3.05) is 26.2 Å². The summed E-state index contributed by atoms with van der Waals surface area (Å²) in [5, 5.41) is 3.44. The molecule has 1 unspecified atom stereocenters. The number of hydrogen-bond donors (Lipinski definition) is 1. The van der Waals surface area contributed by atoms with E-state index in [9.17, 15) is 0 Å². The Kier molecular flexibility index (Phi) is 1.64. The van der Waals surface area contributed by atoms with Crippen LogP contribution in [0, 0.1) is 5.41 Å². The van der Waals surface area contributed by atoms with Crippen molar-refractivity contribution in [3.05, 3.63) is 12.8 Å². The zero-order valence-corrected chi connectivity index (χ0v) is 6.97. The lowest BCUT2D eigenvalue weighted by Gasteiger charge is -2.21. The maximum Gasteiger partial charge on any atom is 0.0242 e. The highest BCUT2D eigenvalue weighted by Gasteiger charge is 2.39. The first-order valence-electron chi connectivity index (χ1n) is 4.42. The molecule has 0 aromatic rings. The molecule has 2 fully saturated rings. The third kappa shape index (κ3) is 1.16. The van der Waals surface area contributed by atoms with Gasteiger partial charge in [0.05, 0.1) is 0 Å². The van der Waals surface area contributed by atoms with Crippen LogP contribution in [0.2, 0.25) is 0 Å². The molecule has 2 saturated heterocycles. The van der Waals surface area contributed by atoms with Crippen LogP contribution in [0.25, 0.3) is 0 Å². The fourth-order valence-corrected chi connectivity index (χ4v) is 2.27. The second-order valence-corrected chi connectivity index (χ2v) is 3.83. The predicted molar refractivity (Wildman–Crippen MR) is 46.3 cm³/mol. The molecule has 1 atom stereocenters. The summed E-state index contributed by atoms with van der Waals surface area (Å²) >= 11 is 0. The van der Waals surface area contributed by atoms with Gasteiger partial charge in [0.15, 0.2) is 0 Å². The van der Waals surface area contributed by atoms with Crippen molar-refractivity contribution < 1.29 is 0 Å². The first-order valence-corrected chi connectivity index (χ1v) is 4.42. The molecule has 0 amide bonds. The molecule has 2 nitrogen and oxygen atoms in total. The van der Waals surface area contributed by atoms with E-state index in [2.05, 4.69) is 16.8 Å². The van der Waals surface area contributed by atoms with E-state index in [0.717, 1.165) is 0 Å². The number of hydrogen-bond acceptors (Lipinski definition) is 2. The molecule has 62 valence electrons. The summed E-state index contributed by atoms with van der Waals surface area (Å²) in [4.78, 5) is 2.34. The Morgan fingerprint density at radius 1 is 1.45 bits per heavy atom. The Bertz CT molecular complexity index is 159. The summed E-state index contributed by atoms with van der Waals surface area (Å²) in [6, 6.07) is 0. The highest BCUT2D eigenvalue weighted by atomic mass is 15.2. The fraction of sp³-hybridized carbons (Fsp3) is 0.778. The maximum atomic E-state index is 3.80. The van der Waals surface area contributed by atoms with Crippen molar-refractivity contribution in [3.8, 4) is 0 Å². The molecule has 0 bridgehead atoms. The van der Waals surface area contributed by atoms with E-state index < -0.39 is 0 Å². The average molecular weight is 152 g/mol. The van der Waals surface area contributed by atoms with Gasteiger partial charge in [0, 0.05) is 25.0 Å². The van der Waals surface area contributed by atoms with E-state index in [1.54, 1.807) is 0 Å². The molecule has 1 spiro atoms. The van der Waals surface area contributed by atoms with E-state index in [1.165, 1.54) is 39.0 Å². The van der Waals surface area contributed by atoms with Crippen LogP contribution < -0.4 is 5.32 Å². The summed E-state index contributed by atoms with van der Waals surface area (Å²) in [5.74, 6) is 0. The first kappa shape index (κ1) is 7.17. The van der Waals surface area contributed by atoms with Gasteiger partial charge in [0.2, 0.25) is 0 Å². The third-order valence-corrected chi connectivity index (χ3v) is 3.06. The Morgan fingerprint density at radius 2 is 2.36 bits per heavy atom. The van der Waals surface area contributed by atoms with Gasteiger partial charge in [-0.15, -0.1) is 0 Å². The lowest BCUT2D eigenvalue weighted by Crippen LogP contribution is -2.26. The zero-order valence-electron chi connectivity index (χ0n) is 6.97. The lowest BCUT2D eigenvalue weighted by molar-refractivity contribution is 0.325. The summed E-state index contributed by atoms with van der Waals surface area (Å²) < 4.78 is 0. The first-order chi connectivity index (χ1) is 5.35. The molecule has 2 heteroatoms. The fourth-order valence-electron chi connectivity index (χ4n) is 2.27. The van der Waals surface area contributed by atoms with E-state index >= 15 is 0 Å². The summed E-state index contributed by atoms with van der Waals surface area (Å²) in [6.07, 6.45) is 4.69. The van der Waals surface area contributed by atoms with E-state index in [4.69, 9.17) is 0 Å². The third-order valence-electron chi connectivity index (χ3n) is 3.06. The molecule has 0 aromatic carbocycles. The van der Waals surface area contributed by atoms with Crippen molar-refractivity contribution in [3.63, 3.8) is 0 Å². The molecule has 1 N–H and O–H groups in total. The van der Waals surface area contributed by atoms with Crippen LogP contribution in [-0.2, 0) is 0 Å². The minimum Gasteiger partial charge on any atom is -0.377 e. The normalized spacial score (nSPS) is 36.9.